The number of fused-ring (bicyclic) bond motifs is 1. The number of nitrogens with one attached hydrogen (secondary N) is 3. The summed E-state index contributed by atoms with van der Waals surface area (Å²) in [5.74, 6) is 0.671. The monoisotopic (exact) mass is 378 g/mol. The van der Waals surface area contributed by atoms with Crippen LogP contribution in [0.25, 0.3) is 11.0 Å². The lowest BCUT2D eigenvalue weighted by Crippen LogP contribution is -2.33. The van der Waals surface area contributed by atoms with Gasteiger partial charge in [0.2, 0.25) is 0 Å². The van der Waals surface area contributed by atoms with Crippen LogP contribution in [0, 0.1) is 0 Å². The number of tetrazole rings is 1. The molecule has 0 saturated carbocycles. The number of methoxy groups -OCH3 is 1. The number of ether oxygens (including phenoxy) is 1. The summed E-state index contributed by atoms with van der Waals surface area (Å²) in [5.41, 5.74) is 1.78. The highest BCUT2D eigenvalue weighted by Crippen LogP contribution is 2.30. The Morgan fingerprint density at radius 1 is 1.18 bits per heavy atom. The number of carbonyl (C=O) groups excluding carboxylic acids is 1. The van der Waals surface area contributed by atoms with Gasteiger partial charge in [-0.2, -0.15) is 5.21 Å². The average Bonchev–Trinajstić information content (AvgIpc) is 3.43. The molecule has 3 N–H and O–H groups in total. The van der Waals surface area contributed by atoms with Gasteiger partial charge in [0.25, 0.3) is 5.91 Å². The van der Waals surface area contributed by atoms with Crippen molar-refractivity contribution in [3.8, 4) is 5.75 Å². The van der Waals surface area contributed by atoms with Crippen molar-refractivity contribution < 1.29 is 9.53 Å². The highest BCUT2D eigenvalue weighted by atomic mass is 16.5. The van der Waals surface area contributed by atoms with Crippen molar-refractivity contribution >= 4 is 16.9 Å². The standard InChI is InChI=1S/C18H18N8O2/c1-10(16-23-25-26-24-16)14(11-3-5-12(28-2)6-4-11)22-18(27)15-13-7-8-19-17(13)21-9-20-15/h3-10,14H,1-2H3,(H,22,27)(H,19,20,21)(H,23,24,25,26)/t10-,14+/m0/s1. The molecule has 0 saturated heterocycles. The largest absolute Gasteiger partial charge is 0.497 e. The van der Waals surface area contributed by atoms with E-state index < -0.39 is 6.04 Å². The van der Waals surface area contributed by atoms with Crippen molar-refractivity contribution in [2.75, 3.05) is 7.11 Å². The molecule has 0 fully saturated rings. The zero-order chi connectivity index (χ0) is 19.5. The van der Waals surface area contributed by atoms with E-state index in [-0.39, 0.29) is 11.8 Å². The number of carbonyl (C=O) groups is 1. The van der Waals surface area contributed by atoms with Crippen LogP contribution in [0.3, 0.4) is 0 Å². The summed E-state index contributed by atoms with van der Waals surface area (Å²) in [7, 11) is 1.60. The van der Waals surface area contributed by atoms with Crippen molar-refractivity contribution in [2.45, 2.75) is 18.9 Å². The van der Waals surface area contributed by atoms with E-state index in [0.29, 0.717) is 22.6 Å². The quantitative estimate of drug-likeness (QED) is 0.465. The van der Waals surface area contributed by atoms with E-state index in [1.807, 2.05) is 31.2 Å². The molecular weight excluding hydrogens is 360 g/mol. The van der Waals surface area contributed by atoms with Crippen molar-refractivity contribution in [1.82, 2.24) is 40.9 Å². The van der Waals surface area contributed by atoms with Crippen LogP contribution in [0.4, 0.5) is 0 Å². The zero-order valence-corrected chi connectivity index (χ0v) is 15.2. The Hall–Kier alpha value is -3.82. The van der Waals surface area contributed by atoms with Gasteiger partial charge in [-0.25, -0.2) is 9.97 Å². The first-order valence-corrected chi connectivity index (χ1v) is 8.63. The number of H-pyrrole nitrogens is 2. The lowest BCUT2D eigenvalue weighted by atomic mass is 9.93. The van der Waals surface area contributed by atoms with E-state index in [9.17, 15) is 4.79 Å². The maximum atomic E-state index is 13.0. The van der Waals surface area contributed by atoms with Gasteiger partial charge in [0, 0.05) is 12.1 Å². The highest BCUT2D eigenvalue weighted by Gasteiger charge is 2.27. The van der Waals surface area contributed by atoms with Crippen LogP contribution >= 0.6 is 0 Å². The normalized spacial score (nSPS) is 13.2. The zero-order valence-electron chi connectivity index (χ0n) is 15.2. The molecule has 10 nitrogen and oxygen atoms in total. The third-order valence-corrected chi connectivity index (χ3v) is 4.60. The fourth-order valence-corrected chi connectivity index (χ4v) is 3.08. The Morgan fingerprint density at radius 3 is 2.71 bits per heavy atom. The molecule has 0 aliphatic carbocycles. The number of amides is 1. The first kappa shape index (κ1) is 17.6. The molecule has 4 aromatic rings. The summed E-state index contributed by atoms with van der Waals surface area (Å²) in [6.45, 7) is 1.92. The molecule has 1 aromatic carbocycles. The topological polar surface area (TPSA) is 134 Å². The van der Waals surface area contributed by atoms with E-state index in [2.05, 4.69) is 40.9 Å². The minimum absolute atomic E-state index is 0.236. The summed E-state index contributed by atoms with van der Waals surface area (Å²) in [6.07, 6.45) is 3.08. The van der Waals surface area contributed by atoms with Crippen LogP contribution < -0.4 is 10.1 Å². The third kappa shape index (κ3) is 3.27. The number of hydrogen-bond acceptors (Lipinski definition) is 7. The molecule has 0 bridgehead atoms. The van der Waals surface area contributed by atoms with Gasteiger partial charge in [0.15, 0.2) is 5.82 Å². The fourth-order valence-electron chi connectivity index (χ4n) is 3.08. The predicted octanol–water partition coefficient (Wildman–Crippen LogP) is 1.75. The highest BCUT2D eigenvalue weighted by molar-refractivity contribution is 6.03. The molecule has 4 rings (SSSR count). The van der Waals surface area contributed by atoms with Crippen LogP contribution in [0.5, 0.6) is 5.75 Å². The predicted molar refractivity (Wildman–Crippen MR) is 99.7 cm³/mol. The molecule has 0 spiro atoms. The van der Waals surface area contributed by atoms with Gasteiger partial charge in [-0.1, -0.05) is 24.3 Å². The van der Waals surface area contributed by atoms with E-state index in [0.717, 1.165) is 11.3 Å². The SMILES string of the molecule is COc1ccc([C@H](NC(=O)c2ncnc3[nH]ccc23)[C@H](C)c2nn[nH]n2)cc1. The molecule has 142 valence electrons. The molecule has 3 aromatic heterocycles. The minimum atomic E-state index is -0.403. The van der Waals surface area contributed by atoms with Crippen molar-refractivity contribution in [3.05, 3.63) is 59.9 Å². The molecule has 0 radical (unpaired) electrons. The van der Waals surface area contributed by atoms with Gasteiger partial charge in [0.1, 0.15) is 23.4 Å². The summed E-state index contributed by atoms with van der Waals surface area (Å²) in [6, 6.07) is 8.84. The average molecular weight is 378 g/mol. The Kier molecular flexibility index (Phi) is 4.67. The second-order valence-electron chi connectivity index (χ2n) is 6.25. The molecule has 0 unspecified atom stereocenters. The first-order valence-electron chi connectivity index (χ1n) is 8.63. The summed E-state index contributed by atoms with van der Waals surface area (Å²) >= 11 is 0. The van der Waals surface area contributed by atoms with Crippen molar-refractivity contribution in [3.63, 3.8) is 0 Å². The Morgan fingerprint density at radius 2 is 2.00 bits per heavy atom. The van der Waals surface area contributed by atoms with Crippen molar-refractivity contribution in [2.24, 2.45) is 0 Å². The lowest BCUT2D eigenvalue weighted by molar-refractivity contribution is 0.0927. The van der Waals surface area contributed by atoms with Crippen LogP contribution in [0.15, 0.2) is 42.9 Å². The lowest BCUT2D eigenvalue weighted by Gasteiger charge is -2.23. The smallest absolute Gasteiger partial charge is 0.271 e. The number of nitrogens with zero attached hydrogens (tertiary/aromatic N) is 5. The van der Waals surface area contributed by atoms with E-state index in [1.54, 1.807) is 19.4 Å². The second kappa shape index (κ2) is 7.43. The van der Waals surface area contributed by atoms with Gasteiger partial charge in [-0.15, -0.1) is 10.2 Å². The molecule has 28 heavy (non-hydrogen) atoms. The van der Waals surface area contributed by atoms with Gasteiger partial charge < -0.3 is 15.0 Å². The maximum absolute atomic E-state index is 13.0. The van der Waals surface area contributed by atoms with Crippen molar-refractivity contribution in [1.29, 1.82) is 0 Å². The van der Waals surface area contributed by atoms with Gasteiger partial charge >= 0.3 is 0 Å². The van der Waals surface area contributed by atoms with Crippen LogP contribution in [-0.4, -0.2) is 48.6 Å². The van der Waals surface area contributed by atoms with E-state index in [4.69, 9.17) is 4.74 Å². The number of benzene rings is 1. The van der Waals surface area contributed by atoms with Crippen LogP contribution in [-0.2, 0) is 0 Å². The van der Waals surface area contributed by atoms with Gasteiger partial charge in [-0.05, 0) is 23.8 Å². The Balaban J connectivity index is 1.68. The fraction of sp³-hybridized carbons (Fsp3) is 0.222. The molecule has 3 heterocycles. The Labute approximate surface area is 159 Å². The molecule has 2 atom stereocenters. The molecular formula is C18H18N8O2. The molecule has 0 aliphatic heterocycles. The molecule has 1 amide bonds. The van der Waals surface area contributed by atoms with Crippen LogP contribution in [0.1, 0.15) is 40.8 Å². The third-order valence-electron chi connectivity index (χ3n) is 4.60. The molecule has 0 aliphatic rings. The number of aromatic amines is 2. The number of rotatable bonds is 6. The summed E-state index contributed by atoms with van der Waals surface area (Å²) < 4.78 is 5.22. The second-order valence-corrected chi connectivity index (χ2v) is 6.25. The van der Waals surface area contributed by atoms with Gasteiger partial charge in [-0.3, -0.25) is 4.79 Å². The van der Waals surface area contributed by atoms with Crippen LogP contribution in [0.2, 0.25) is 0 Å². The summed E-state index contributed by atoms with van der Waals surface area (Å²) in [5, 5.41) is 17.9. The number of aromatic nitrogens is 7. The minimum Gasteiger partial charge on any atom is -0.497 e. The summed E-state index contributed by atoms with van der Waals surface area (Å²) in [4.78, 5) is 24.3. The first-order chi connectivity index (χ1) is 13.7. The maximum Gasteiger partial charge on any atom is 0.271 e. The van der Waals surface area contributed by atoms with Gasteiger partial charge in [0.05, 0.1) is 18.5 Å². The molecule has 10 heteroatoms. The van der Waals surface area contributed by atoms with E-state index in [1.165, 1.54) is 6.33 Å². The Bertz CT molecular complexity index is 1070. The number of hydrogen-bond donors (Lipinski definition) is 3. The van der Waals surface area contributed by atoms with E-state index >= 15 is 0 Å².